The highest BCUT2D eigenvalue weighted by molar-refractivity contribution is 7.13. The quantitative estimate of drug-likeness (QED) is 0.312. The Labute approximate surface area is 255 Å². The van der Waals surface area contributed by atoms with Gasteiger partial charge < -0.3 is 19.8 Å². The molecule has 2 saturated heterocycles. The lowest BCUT2D eigenvalue weighted by Gasteiger charge is -2.38. The van der Waals surface area contributed by atoms with Crippen LogP contribution < -0.4 is 0 Å². The van der Waals surface area contributed by atoms with E-state index in [1.54, 1.807) is 11.3 Å². The summed E-state index contributed by atoms with van der Waals surface area (Å²) in [5.41, 5.74) is 3.95. The maximum atomic E-state index is 13.7. The summed E-state index contributed by atoms with van der Waals surface area (Å²) in [6.45, 7) is 11.6. The predicted molar refractivity (Wildman–Crippen MR) is 171 cm³/mol. The maximum absolute atomic E-state index is 13.7. The van der Waals surface area contributed by atoms with Gasteiger partial charge in [0.15, 0.2) is 0 Å². The van der Waals surface area contributed by atoms with E-state index in [1.807, 2.05) is 41.3 Å². The summed E-state index contributed by atoms with van der Waals surface area (Å²) >= 11 is 1.58. The lowest BCUT2D eigenvalue weighted by atomic mass is 9.99. The number of thiophene rings is 1. The third-order valence-corrected chi connectivity index (χ3v) is 9.74. The number of piperidine rings is 2. The van der Waals surface area contributed by atoms with E-state index in [2.05, 4.69) is 54.8 Å². The minimum atomic E-state index is -0.294. The highest BCUT2D eigenvalue weighted by Gasteiger charge is 2.29. The van der Waals surface area contributed by atoms with Gasteiger partial charge in [0.2, 0.25) is 0 Å². The minimum Gasteiger partial charge on any atom is -0.393 e. The van der Waals surface area contributed by atoms with Crippen LogP contribution in [0.1, 0.15) is 76.4 Å². The molecule has 7 heteroatoms. The Balaban J connectivity index is 1.25. The molecule has 2 amide bonds. The first-order valence-corrected chi connectivity index (χ1v) is 16.3. The average Bonchev–Trinajstić information content (AvgIpc) is 3.45. The van der Waals surface area contributed by atoms with E-state index in [0.29, 0.717) is 44.0 Å². The van der Waals surface area contributed by atoms with Crippen molar-refractivity contribution in [2.45, 2.75) is 71.6 Å². The van der Waals surface area contributed by atoms with E-state index in [1.165, 1.54) is 6.42 Å². The van der Waals surface area contributed by atoms with Crippen LogP contribution in [-0.2, 0) is 6.54 Å². The summed E-state index contributed by atoms with van der Waals surface area (Å²) in [6.07, 6.45) is 4.23. The molecule has 42 heavy (non-hydrogen) atoms. The Bertz CT molecular complexity index is 1320. The second kappa shape index (κ2) is 14.0. The molecule has 5 rings (SSSR count). The molecule has 0 saturated carbocycles. The number of aliphatic hydroxyl groups is 1. The van der Waals surface area contributed by atoms with Crippen LogP contribution in [0, 0.1) is 12.8 Å². The number of nitrogens with zero attached hydrogens (tertiary/aromatic N) is 3. The maximum Gasteiger partial charge on any atom is 0.264 e. The summed E-state index contributed by atoms with van der Waals surface area (Å²) in [6, 6.07) is 20.5. The number of hydrogen-bond acceptors (Lipinski definition) is 5. The normalized spacial score (nSPS) is 17.1. The molecule has 3 heterocycles. The molecule has 1 N–H and O–H groups in total. The van der Waals surface area contributed by atoms with Gasteiger partial charge >= 0.3 is 0 Å². The zero-order valence-corrected chi connectivity index (χ0v) is 26.1. The van der Waals surface area contributed by atoms with E-state index in [4.69, 9.17) is 0 Å². The summed E-state index contributed by atoms with van der Waals surface area (Å²) < 4.78 is 0. The zero-order valence-electron chi connectivity index (χ0n) is 25.3. The number of aliphatic hydroxyl groups excluding tert-OH is 1. The van der Waals surface area contributed by atoms with Gasteiger partial charge in [0.1, 0.15) is 0 Å². The van der Waals surface area contributed by atoms with Gasteiger partial charge in [0.25, 0.3) is 11.8 Å². The van der Waals surface area contributed by atoms with Crippen molar-refractivity contribution in [1.29, 1.82) is 0 Å². The number of carbonyl (C=O) groups excluding carboxylic acids is 2. The number of likely N-dealkylation sites (tertiary alicyclic amines) is 2. The number of amides is 2. The molecule has 0 atom stereocenters. The van der Waals surface area contributed by atoms with Crippen molar-refractivity contribution in [3.8, 4) is 11.1 Å². The topological polar surface area (TPSA) is 64.1 Å². The smallest absolute Gasteiger partial charge is 0.264 e. The molecular formula is C35H45N3O3S. The molecule has 0 aliphatic carbocycles. The number of benzene rings is 2. The fraction of sp³-hybridized carbons (Fsp3) is 0.486. The largest absolute Gasteiger partial charge is 0.393 e. The van der Waals surface area contributed by atoms with Crippen molar-refractivity contribution in [2.24, 2.45) is 5.92 Å². The lowest BCUT2D eigenvalue weighted by Crippen LogP contribution is -2.47. The number of carbonyl (C=O) groups is 2. The van der Waals surface area contributed by atoms with Gasteiger partial charge in [0.05, 0.1) is 11.0 Å². The molecule has 2 aliphatic rings. The molecule has 2 fully saturated rings. The molecule has 0 bridgehead atoms. The van der Waals surface area contributed by atoms with Crippen LogP contribution in [-0.4, -0.2) is 76.5 Å². The second-order valence-corrected chi connectivity index (χ2v) is 13.7. The fourth-order valence-corrected chi connectivity index (χ4v) is 6.83. The van der Waals surface area contributed by atoms with Crippen LogP contribution in [0.4, 0.5) is 0 Å². The van der Waals surface area contributed by atoms with E-state index in [0.717, 1.165) is 58.9 Å². The first-order chi connectivity index (χ1) is 20.3. The Morgan fingerprint density at radius 1 is 0.881 bits per heavy atom. The van der Waals surface area contributed by atoms with Crippen molar-refractivity contribution in [3.05, 3.63) is 81.5 Å². The summed E-state index contributed by atoms with van der Waals surface area (Å²) in [5.74, 6) is 0.878. The molecule has 0 radical (unpaired) electrons. The van der Waals surface area contributed by atoms with Crippen molar-refractivity contribution >= 4 is 23.2 Å². The predicted octanol–water partition coefficient (Wildman–Crippen LogP) is 6.47. The molecule has 1 aromatic heterocycles. The van der Waals surface area contributed by atoms with E-state index in [9.17, 15) is 14.7 Å². The van der Waals surface area contributed by atoms with E-state index < -0.39 is 0 Å². The van der Waals surface area contributed by atoms with Crippen molar-refractivity contribution in [2.75, 3.05) is 32.7 Å². The van der Waals surface area contributed by atoms with Crippen LogP contribution in [0.3, 0.4) is 0 Å². The third-order valence-electron chi connectivity index (χ3n) is 8.76. The third kappa shape index (κ3) is 7.68. The second-order valence-electron chi connectivity index (χ2n) is 12.4. The number of aryl methyl sites for hydroxylation is 1. The molecule has 3 aromatic rings. The van der Waals surface area contributed by atoms with Crippen LogP contribution >= 0.6 is 11.3 Å². The van der Waals surface area contributed by atoms with Gasteiger partial charge in [0, 0.05) is 49.2 Å². The standard InChI is InChI=1S/C35H45N3O3S/c1-25(2)14-19-36-20-15-31(16-21-36)38(35(41)33-13-4-26(3)42-33)24-27-5-7-28(8-6-27)29-9-11-30(12-10-29)34(40)37-22-17-32(39)18-23-37/h4-13,25,31-32,39H,14-24H2,1-3H3. The zero-order chi connectivity index (χ0) is 29.6. The van der Waals surface area contributed by atoms with E-state index >= 15 is 0 Å². The Hall–Kier alpha value is -3.00. The van der Waals surface area contributed by atoms with Gasteiger partial charge in [-0.1, -0.05) is 50.2 Å². The summed E-state index contributed by atoms with van der Waals surface area (Å²) in [7, 11) is 0. The van der Waals surface area contributed by atoms with E-state index in [-0.39, 0.29) is 24.0 Å². The summed E-state index contributed by atoms with van der Waals surface area (Å²) in [5, 5.41) is 9.74. The molecular weight excluding hydrogens is 542 g/mol. The highest BCUT2D eigenvalue weighted by Crippen LogP contribution is 2.27. The highest BCUT2D eigenvalue weighted by atomic mass is 32.1. The Morgan fingerprint density at radius 2 is 1.50 bits per heavy atom. The lowest BCUT2D eigenvalue weighted by molar-refractivity contribution is 0.0540. The van der Waals surface area contributed by atoms with Crippen molar-refractivity contribution < 1.29 is 14.7 Å². The van der Waals surface area contributed by atoms with Crippen molar-refractivity contribution in [3.63, 3.8) is 0 Å². The van der Waals surface area contributed by atoms with Gasteiger partial charge in [-0.3, -0.25) is 9.59 Å². The van der Waals surface area contributed by atoms with Crippen LogP contribution in [0.25, 0.3) is 11.1 Å². The van der Waals surface area contributed by atoms with Crippen LogP contribution in [0.15, 0.2) is 60.7 Å². The van der Waals surface area contributed by atoms with Crippen LogP contribution in [0.2, 0.25) is 0 Å². The van der Waals surface area contributed by atoms with Crippen molar-refractivity contribution in [1.82, 2.24) is 14.7 Å². The summed E-state index contributed by atoms with van der Waals surface area (Å²) in [4.78, 5) is 35.1. The molecule has 2 aliphatic heterocycles. The molecule has 2 aromatic carbocycles. The fourth-order valence-electron chi connectivity index (χ4n) is 6.01. The number of rotatable bonds is 9. The van der Waals surface area contributed by atoms with Gasteiger partial charge in [-0.15, -0.1) is 11.3 Å². The van der Waals surface area contributed by atoms with Gasteiger partial charge in [-0.05, 0) is 92.4 Å². The Morgan fingerprint density at radius 3 is 2.07 bits per heavy atom. The van der Waals surface area contributed by atoms with Gasteiger partial charge in [-0.25, -0.2) is 0 Å². The molecule has 0 unspecified atom stereocenters. The molecule has 0 spiro atoms. The van der Waals surface area contributed by atoms with Crippen LogP contribution in [0.5, 0.6) is 0 Å². The molecule has 6 nitrogen and oxygen atoms in total. The van der Waals surface area contributed by atoms with Gasteiger partial charge in [-0.2, -0.15) is 0 Å². The first kappa shape index (κ1) is 30.5. The molecule has 224 valence electrons. The average molecular weight is 588 g/mol. The Kier molecular flexibility index (Phi) is 10.1. The first-order valence-electron chi connectivity index (χ1n) is 15.5. The minimum absolute atomic E-state index is 0.0280. The monoisotopic (exact) mass is 587 g/mol. The SMILES string of the molecule is Cc1ccc(C(=O)N(Cc2ccc(-c3ccc(C(=O)N4CCC(O)CC4)cc3)cc2)C2CCN(CCC(C)C)CC2)s1. The number of hydrogen-bond donors (Lipinski definition) is 1.